The molecule has 7 heteroatoms. The first kappa shape index (κ1) is 20.6. The van der Waals surface area contributed by atoms with Gasteiger partial charge in [0.05, 0.1) is 26.3 Å². The molecule has 1 aromatic carbocycles. The topological polar surface area (TPSA) is 76.8 Å². The number of urea groups is 1. The molecule has 2 rings (SSSR count). The molecule has 0 fully saturated rings. The van der Waals surface area contributed by atoms with Crippen molar-refractivity contribution in [2.24, 2.45) is 0 Å². The SMILES string of the molecule is CCCN(Cc1cc(-c2cc(OC)ccc2OC)on1)C(=O)NC(C)(C)C. The molecular weight excluding hydrogens is 346 g/mol. The summed E-state index contributed by atoms with van der Waals surface area (Å²) < 4.78 is 16.2. The number of hydrogen-bond acceptors (Lipinski definition) is 5. The number of rotatable bonds is 7. The van der Waals surface area contributed by atoms with Crippen molar-refractivity contribution in [2.75, 3.05) is 20.8 Å². The van der Waals surface area contributed by atoms with E-state index in [-0.39, 0.29) is 11.6 Å². The second-order valence-corrected chi connectivity index (χ2v) is 7.35. The van der Waals surface area contributed by atoms with Crippen LogP contribution in [0.1, 0.15) is 39.8 Å². The van der Waals surface area contributed by atoms with Crippen LogP contribution in [0.2, 0.25) is 0 Å². The summed E-state index contributed by atoms with van der Waals surface area (Å²) in [6, 6.07) is 7.17. The number of nitrogens with zero attached hydrogens (tertiary/aromatic N) is 2. The molecule has 0 atom stereocenters. The number of aromatic nitrogens is 1. The van der Waals surface area contributed by atoms with E-state index >= 15 is 0 Å². The Morgan fingerprint density at radius 3 is 2.56 bits per heavy atom. The van der Waals surface area contributed by atoms with Gasteiger partial charge in [-0.05, 0) is 45.4 Å². The van der Waals surface area contributed by atoms with Crippen molar-refractivity contribution in [3.63, 3.8) is 0 Å². The fraction of sp³-hybridized carbons (Fsp3) is 0.500. The Morgan fingerprint density at radius 2 is 1.96 bits per heavy atom. The summed E-state index contributed by atoms with van der Waals surface area (Å²) in [5.41, 5.74) is 1.12. The lowest BCUT2D eigenvalue weighted by Gasteiger charge is -2.27. The number of methoxy groups -OCH3 is 2. The third-order valence-electron chi connectivity index (χ3n) is 3.85. The summed E-state index contributed by atoms with van der Waals surface area (Å²) >= 11 is 0. The summed E-state index contributed by atoms with van der Waals surface area (Å²) in [5.74, 6) is 1.92. The van der Waals surface area contributed by atoms with Crippen LogP contribution in [0.5, 0.6) is 11.5 Å². The molecule has 0 bridgehead atoms. The predicted octanol–water partition coefficient (Wildman–Crippen LogP) is 4.08. The summed E-state index contributed by atoms with van der Waals surface area (Å²) in [6.07, 6.45) is 0.853. The Kier molecular flexibility index (Phi) is 6.71. The van der Waals surface area contributed by atoms with Gasteiger partial charge in [-0.2, -0.15) is 0 Å². The van der Waals surface area contributed by atoms with Crippen molar-refractivity contribution in [3.05, 3.63) is 30.0 Å². The number of nitrogens with one attached hydrogen (secondary N) is 1. The fourth-order valence-electron chi connectivity index (χ4n) is 2.64. The van der Waals surface area contributed by atoms with Crippen LogP contribution in [0.4, 0.5) is 4.79 Å². The predicted molar refractivity (Wildman–Crippen MR) is 104 cm³/mol. The van der Waals surface area contributed by atoms with Gasteiger partial charge in [-0.15, -0.1) is 0 Å². The zero-order valence-corrected chi connectivity index (χ0v) is 17.0. The highest BCUT2D eigenvalue weighted by atomic mass is 16.5. The van der Waals surface area contributed by atoms with Gasteiger partial charge in [0.1, 0.15) is 17.2 Å². The third-order valence-corrected chi connectivity index (χ3v) is 3.85. The zero-order chi connectivity index (χ0) is 20.0. The van der Waals surface area contributed by atoms with Gasteiger partial charge in [0.25, 0.3) is 0 Å². The third kappa shape index (κ3) is 5.64. The van der Waals surface area contributed by atoms with Crippen LogP contribution in [-0.2, 0) is 6.54 Å². The number of ether oxygens (including phenoxy) is 2. The first-order chi connectivity index (χ1) is 12.8. The van der Waals surface area contributed by atoms with Crippen LogP contribution in [0, 0.1) is 0 Å². The minimum atomic E-state index is -0.300. The Labute approximate surface area is 160 Å². The van der Waals surface area contributed by atoms with Crippen LogP contribution < -0.4 is 14.8 Å². The molecule has 0 unspecified atom stereocenters. The van der Waals surface area contributed by atoms with Gasteiger partial charge >= 0.3 is 6.03 Å². The molecule has 1 N–H and O–H groups in total. The Morgan fingerprint density at radius 1 is 1.22 bits per heavy atom. The van der Waals surface area contributed by atoms with E-state index in [1.807, 2.05) is 52.0 Å². The summed E-state index contributed by atoms with van der Waals surface area (Å²) in [4.78, 5) is 14.3. The van der Waals surface area contributed by atoms with Gasteiger partial charge in [0.15, 0.2) is 5.76 Å². The molecule has 1 aromatic heterocycles. The van der Waals surface area contributed by atoms with Crippen molar-refractivity contribution in [1.29, 1.82) is 0 Å². The molecule has 148 valence electrons. The number of benzene rings is 1. The number of carbonyl (C=O) groups is 1. The fourth-order valence-corrected chi connectivity index (χ4v) is 2.64. The Bertz CT molecular complexity index is 765. The van der Waals surface area contributed by atoms with Crippen molar-refractivity contribution in [1.82, 2.24) is 15.4 Å². The molecule has 0 saturated carbocycles. The van der Waals surface area contributed by atoms with Crippen molar-refractivity contribution in [3.8, 4) is 22.8 Å². The maximum atomic E-state index is 12.5. The maximum Gasteiger partial charge on any atom is 0.318 e. The Balaban J connectivity index is 2.22. The molecule has 0 aliphatic rings. The second kappa shape index (κ2) is 8.79. The van der Waals surface area contributed by atoms with Gasteiger partial charge in [-0.25, -0.2) is 4.79 Å². The van der Waals surface area contributed by atoms with Crippen molar-refractivity contribution in [2.45, 2.75) is 46.2 Å². The van der Waals surface area contributed by atoms with E-state index in [9.17, 15) is 4.79 Å². The van der Waals surface area contributed by atoms with E-state index in [0.29, 0.717) is 36.0 Å². The standard InChI is InChI=1S/C20H29N3O4/c1-7-10-23(19(24)21-20(2,3)4)13-14-11-18(27-22-14)16-12-15(25-5)8-9-17(16)26-6/h8-9,11-12H,7,10,13H2,1-6H3,(H,21,24). The number of hydrogen-bond donors (Lipinski definition) is 1. The normalized spacial score (nSPS) is 11.2. The highest BCUT2D eigenvalue weighted by molar-refractivity contribution is 5.75. The molecular formula is C20H29N3O4. The summed E-state index contributed by atoms with van der Waals surface area (Å²) in [7, 11) is 3.20. The lowest BCUT2D eigenvalue weighted by molar-refractivity contribution is 0.184. The first-order valence-corrected chi connectivity index (χ1v) is 9.02. The van der Waals surface area contributed by atoms with Gasteiger partial charge in [0.2, 0.25) is 0 Å². The monoisotopic (exact) mass is 375 g/mol. The second-order valence-electron chi connectivity index (χ2n) is 7.35. The molecule has 7 nitrogen and oxygen atoms in total. The maximum absolute atomic E-state index is 12.5. The van der Waals surface area contributed by atoms with Crippen molar-refractivity contribution >= 4 is 6.03 Å². The van der Waals surface area contributed by atoms with E-state index in [4.69, 9.17) is 14.0 Å². The number of carbonyl (C=O) groups excluding carboxylic acids is 1. The highest BCUT2D eigenvalue weighted by Gasteiger charge is 2.21. The molecule has 0 aliphatic heterocycles. The lowest BCUT2D eigenvalue weighted by Crippen LogP contribution is -2.48. The molecule has 0 aliphatic carbocycles. The molecule has 0 radical (unpaired) electrons. The van der Waals surface area contributed by atoms with E-state index in [2.05, 4.69) is 10.5 Å². The quantitative estimate of drug-likeness (QED) is 0.789. The van der Waals surface area contributed by atoms with E-state index in [1.54, 1.807) is 19.1 Å². The Hall–Kier alpha value is -2.70. The molecule has 1 heterocycles. The molecule has 0 saturated heterocycles. The first-order valence-electron chi connectivity index (χ1n) is 9.02. The molecule has 2 amide bonds. The summed E-state index contributed by atoms with van der Waals surface area (Å²) in [6.45, 7) is 8.90. The highest BCUT2D eigenvalue weighted by Crippen LogP contribution is 2.33. The molecule has 2 aromatic rings. The average Bonchev–Trinajstić information content (AvgIpc) is 3.07. The van der Waals surface area contributed by atoms with Crippen LogP contribution in [0.3, 0.4) is 0 Å². The van der Waals surface area contributed by atoms with E-state index in [0.717, 1.165) is 12.0 Å². The van der Waals surface area contributed by atoms with Crippen LogP contribution in [-0.4, -0.2) is 42.4 Å². The molecule has 27 heavy (non-hydrogen) atoms. The summed E-state index contributed by atoms with van der Waals surface area (Å²) in [5, 5.41) is 7.12. The van der Waals surface area contributed by atoms with E-state index < -0.39 is 0 Å². The van der Waals surface area contributed by atoms with Crippen LogP contribution in [0.25, 0.3) is 11.3 Å². The van der Waals surface area contributed by atoms with Gasteiger partial charge < -0.3 is 24.2 Å². The van der Waals surface area contributed by atoms with Gasteiger partial charge in [0, 0.05) is 18.2 Å². The largest absolute Gasteiger partial charge is 0.497 e. The van der Waals surface area contributed by atoms with Gasteiger partial charge in [-0.1, -0.05) is 12.1 Å². The minimum Gasteiger partial charge on any atom is -0.497 e. The smallest absolute Gasteiger partial charge is 0.318 e. The zero-order valence-electron chi connectivity index (χ0n) is 17.0. The van der Waals surface area contributed by atoms with Crippen LogP contribution in [0.15, 0.2) is 28.8 Å². The lowest BCUT2D eigenvalue weighted by atomic mass is 10.1. The average molecular weight is 375 g/mol. The van der Waals surface area contributed by atoms with E-state index in [1.165, 1.54) is 0 Å². The van der Waals surface area contributed by atoms with Gasteiger partial charge in [-0.3, -0.25) is 0 Å². The number of amides is 2. The van der Waals surface area contributed by atoms with Crippen molar-refractivity contribution < 1.29 is 18.8 Å². The molecule has 0 spiro atoms. The van der Waals surface area contributed by atoms with Crippen LogP contribution >= 0.6 is 0 Å². The minimum absolute atomic E-state index is 0.118.